The van der Waals surface area contributed by atoms with Gasteiger partial charge in [0.2, 0.25) is 50.1 Å². The van der Waals surface area contributed by atoms with Gasteiger partial charge in [-0.2, -0.15) is 0 Å². The number of hydrogen-bond acceptors (Lipinski definition) is 21. The zero-order valence-electron chi connectivity index (χ0n) is 56.2. The Hall–Kier alpha value is -9.50. The molecule has 0 fully saturated rings. The first-order chi connectivity index (χ1) is 46.1. The highest BCUT2D eigenvalue weighted by Crippen LogP contribution is 2.42. The van der Waals surface area contributed by atoms with Gasteiger partial charge in [-0.05, 0) is 128 Å². The van der Waals surface area contributed by atoms with Crippen LogP contribution >= 0.6 is 0 Å². The topological polar surface area (TPSA) is 369 Å². The highest BCUT2D eigenvalue weighted by molar-refractivity contribution is 7.90. The summed E-state index contributed by atoms with van der Waals surface area (Å²) < 4.78 is 54.9. The van der Waals surface area contributed by atoms with E-state index < -0.39 is 81.2 Å². The predicted molar refractivity (Wildman–Crippen MR) is 355 cm³/mol. The van der Waals surface area contributed by atoms with E-state index in [1.165, 1.54) is 12.4 Å². The Morgan fingerprint density at radius 3 is 2.37 bits per heavy atom. The smallest absolute Gasteiger partial charge is 0.457 e. The third kappa shape index (κ3) is 19.6. The van der Waals surface area contributed by atoms with Gasteiger partial charge in [0, 0.05) is 85.3 Å². The van der Waals surface area contributed by atoms with Crippen molar-refractivity contribution in [2.75, 3.05) is 44.5 Å². The Labute approximate surface area is 562 Å². The Bertz CT molecular complexity index is 4120. The number of aromatic nitrogens is 7. The van der Waals surface area contributed by atoms with Crippen LogP contribution in [-0.4, -0.2) is 152 Å². The van der Waals surface area contributed by atoms with Crippen molar-refractivity contribution in [3.63, 3.8) is 0 Å². The summed E-state index contributed by atoms with van der Waals surface area (Å²) in [6, 6.07) is 14.7. The Kier molecular flexibility index (Phi) is 24.6. The zero-order chi connectivity index (χ0) is 70.2. The van der Waals surface area contributed by atoms with E-state index in [0.717, 1.165) is 22.8 Å². The number of esters is 1. The van der Waals surface area contributed by atoms with Crippen LogP contribution in [0.25, 0.3) is 22.3 Å². The first kappa shape index (κ1) is 73.3. The van der Waals surface area contributed by atoms with Gasteiger partial charge in [-0.15, -0.1) is 5.10 Å². The lowest BCUT2D eigenvalue weighted by Crippen LogP contribution is -2.47. The largest absolute Gasteiger partial charge is 0.510 e. The number of anilines is 1. The summed E-state index contributed by atoms with van der Waals surface area (Å²) in [4.78, 5) is 121. The molecule has 518 valence electrons. The van der Waals surface area contributed by atoms with Crippen molar-refractivity contribution in [1.82, 2.24) is 55.4 Å². The lowest BCUT2D eigenvalue weighted by molar-refractivity contribution is -0.175. The summed E-state index contributed by atoms with van der Waals surface area (Å²) in [5.41, 5.74) is 7.51. The third-order valence-electron chi connectivity index (χ3n) is 16.4. The normalized spacial score (nSPS) is 14.4. The third-order valence-corrected chi connectivity index (χ3v) is 17.3. The molecule has 2 aliphatic heterocycles. The Morgan fingerprint density at radius 2 is 1.67 bits per heavy atom. The minimum absolute atomic E-state index is 0.0275. The van der Waals surface area contributed by atoms with E-state index in [-0.39, 0.29) is 86.3 Å². The number of sulfone groups is 1. The van der Waals surface area contributed by atoms with Gasteiger partial charge in [-0.1, -0.05) is 54.3 Å². The maximum atomic E-state index is 14.4. The molecule has 28 nitrogen and oxygen atoms in total. The molecule has 5 amide bonds. The number of unbranched alkanes of at least 4 members (excludes halogenated alkanes) is 2. The fourth-order valence-corrected chi connectivity index (χ4v) is 11.9. The molecular formula is C68H85N13O15S. The predicted octanol–water partition coefficient (Wildman–Crippen LogP) is 5.21. The van der Waals surface area contributed by atoms with Crippen molar-refractivity contribution in [3.05, 3.63) is 123 Å². The van der Waals surface area contributed by atoms with E-state index in [0.29, 0.717) is 97.6 Å². The molecule has 2 aromatic carbocycles. The van der Waals surface area contributed by atoms with Gasteiger partial charge >= 0.3 is 12.1 Å². The maximum Gasteiger partial charge on any atom is 0.510 e. The number of hydrogen-bond donors (Lipinski definition) is 5. The van der Waals surface area contributed by atoms with Crippen LogP contribution in [0.5, 0.6) is 0 Å². The first-order valence-electron chi connectivity index (χ1n) is 32.2. The van der Waals surface area contributed by atoms with E-state index in [9.17, 15) is 46.8 Å². The fraction of sp³-hybridized carbons (Fsp3) is 0.485. The number of fused-ring (bicyclic) bond motifs is 5. The quantitative estimate of drug-likeness (QED) is 0.0156. The second-order valence-corrected chi connectivity index (χ2v) is 27.4. The first-order valence-corrected chi connectivity index (χ1v) is 34.0. The van der Waals surface area contributed by atoms with Crippen LogP contribution in [0, 0.1) is 11.8 Å². The summed E-state index contributed by atoms with van der Waals surface area (Å²) >= 11 is 0. The second kappa shape index (κ2) is 32.5. The molecule has 8 rings (SSSR count). The lowest BCUT2D eigenvalue weighted by atomic mass is 9.85. The molecule has 0 bridgehead atoms. The molecule has 97 heavy (non-hydrogen) atoms. The van der Waals surface area contributed by atoms with Crippen LogP contribution in [0.4, 0.5) is 10.5 Å². The van der Waals surface area contributed by atoms with Gasteiger partial charge in [-0.25, -0.2) is 37.6 Å². The van der Waals surface area contributed by atoms with E-state index in [2.05, 4.69) is 53.4 Å². The standard InChI is InChI=1S/C68H85N13O15S/c1-10-68(53-32-56-60-51(37-81(56)62(87)52(53)39-93-63(68)88)49(27-30-80(43(2)3)44(4)82)50-19-14-15-20-54(50)75-60)96-65(89)94-38-45-23-25-47(26-24-45)73-61(86)55(21-16-17-29-69)74-58(84)40-92-41-59(85)76-66(5,6)28-31-95-67(7,8)42-79-36-48(77-78-79)35-70-57(83)22-13-11-12-18-46-33-71-64(72-34-46)97(9,90)91/h14-15,19-20,23-26,32-34,36,43,55H,10-11,13,16-17,21-22,27-31,35,37-42,69H2,1-9H3,(H,70,83)(H,73,86)(H,74,84)(H,76,85)/t55-,68-/m0/s1. The maximum absolute atomic E-state index is 14.4. The lowest BCUT2D eigenvalue weighted by Gasteiger charge is -2.35. The van der Waals surface area contributed by atoms with Gasteiger partial charge in [0.25, 0.3) is 5.56 Å². The van der Waals surface area contributed by atoms with Crippen LogP contribution in [-0.2, 0) is 107 Å². The molecule has 6 N–H and O–H groups in total. The minimum atomic E-state index is -3.51. The monoisotopic (exact) mass is 1360 g/mol. The van der Waals surface area contributed by atoms with E-state index in [4.69, 9.17) is 34.4 Å². The SMILES string of the molecule is CC[C@@]1(OC(=O)OCc2ccc(NC(=O)[C@H](CCCCN)NC(=O)COCC(=O)NC(C)(C)CCOC(C)(C)Cn3cc(CNC(=O)CCCC#Cc4cnc(S(C)(=O)=O)nc4)nn3)cc2)C(=O)OCc2c1cc1n(c2=O)Cc2c-1nc1ccccc1c2CCN(C(C)=O)C(C)C. The van der Waals surface area contributed by atoms with Crippen LogP contribution in [0.3, 0.4) is 0 Å². The average molecular weight is 1360 g/mol. The average Bonchev–Trinajstić information content (AvgIpc) is 1.60. The summed E-state index contributed by atoms with van der Waals surface area (Å²) in [6.45, 7) is 14.7. The summed E-state index contributed by atoms with van der Waals surface area (Å²) in [6.07, 6.45) is 7.58. The zero-order valence-corrected chi connectivity index (χ0v) is 57.0. The van der Waals surface area contributed by atoms with Gasteiger partial charge in [0.05, 0.1) is 59.5 Å². The van der Waals surface area contributed by atoms with Crippen LogP contribution < -0.4 is 32.6 Å². The highest BCUT2D eigenvalue weighted by atomic mass is 32.2. The van der Waals surface area contributed by atoms with E-state index in [1.807, 2.05) is 65.8 Å². The number of amides is 5. The molecule has 2 aliphatic rings. The summed E-state index contributed by atoms with van der Waals surface area (Å²) in [7, 11) is -3.51. The van der Waals surface area contributed by atoms with Crippen molar-refractivity contribution in [1.29, 1.82) is 0 Å². The molecule has 0 saturated heterocycles. The molecule has 6 aromatic rings. The van der Waals surface area contributed by atoms with Crippen molar-refractivity contribution >= 4 is 68.1 Å². The fourth-order valence-electron chi connectivity index (χ4n) is 11.4. The number of nitrogens with two attached hydrogens (primary N) is 1. The Morgan fingerprint density at radius 1 is 0.938 bits per heavy atom. The molecule has 29 heteroatoms. The van der Waals surface area contributed by atoms with Gasteiger partial charge < -0.3 is 60.2 Å². The minimum Gasteiger partial charge on any atom is -0.457 e. The number of ether oxygens (including phenoxy) is 5. The number of nitrogens with one attached hydrogen (secondary N) is 4. The van der Waals surface area contributed by atoms with Crippen molar-refractivity contribution in [2.45, 2.75) is 180 Å². The van der Waals surface area contributed by atoms with Crippen molar-refractivity contribution < 1.29 is 65.7 Å². The Balaban J connectivity index is 0.761. The van der Waals surface area contributed by atoms with Gasteiger partial charge in [-0.3, -0.25) is 28.8 Å². The molecule has 0 saturated carbocycles. The number of carbonyl (C=O) groups excluding carboxylic acids is 7. The van der Waals surface area contributed by atoms with E-state index >= 15 is 0 Å². The molecule has 2 atom stereocenters. The van der Waals surface area contributed by atoms with E-state index in [1.54, 1.807) is 64.5 Å². The highest BCUT2D eigenvalue weighted by Gasteiger charge is 2.51. The van der Waals surface area contributed by atoms with Gasteiger partial charge in [0.15, 0.2) is 0 Å². The van der Waals surface area contributed by atoms with Crippen molar-refractivity contribution in [3.8, 4) is 23.2 Å². The number of pyridine rings is 2. The van der Waals surface area contributed by atoms with Crippen LogP contribution in [0.1, 0.15) is 146 Å². The number of nitrogens with zero attached hydrogens (tertiary/aromatic N) is 8. The molecular weight excluding hydrogens is 1270 g/mol. The van der Waals surface area contributed by atoms with Crippen molar-refractivity contribution in [2.24, 2.45) is 5.73 Å². The molecule has 6 heterocycles. The van der Waals surface area contributed by atoms with Crippen LogP contribution in [0.15, 0.2) is 83.1 Å². The summed E-state index contributed by atoms with van der Waals surface area (Å²) in [5, 5.41) is 20.2. The molecule has 4 aromatic heterocycles. The number of para-hydroxylation sites is 1. The summed E-state index contributed by atoms with van der Waals surface area (Å²) in [5.74, 6) is 3.06. The van der Waals surface area contributed by atoms with Gasteiger partial charge in [0.1, 0.15) is 38.2 Å². The number of cyclic esters (lactones) is 1. The number of benzene rings is 2. The molecule has 0 radical (unpaired) electrons. The number of rotatable bonds is 32. The molecule has 0 unspecified atom stereocenters. The molecule has 0 aliphatic carbocycles. The number of carbonyl (C=O) groups is 7. The van der Waals surface area contributed by atoms with Crippen LogP contribution in [0.2, 0.25) is 0 Å². The second-order valence-electron chi connectivity index (χ2n) is 25.4. The molecule has 0 spiro atoms.